The fraction of sp³-hybridized carbons (Fsp3) is 0.762. The van der Waals surface area contributed by atoms with Gasteiger partial charge in [-0.05, 0) is 51.5 Å². The number of hydrogen-bond donors (Lipinski definition) is 9. The van der Waals surface area contributed by atoms with Crippen molar-refractivity contribution in [3.05, 3.63) is 0 Å². The number of carboxylic acids is 1. The number of aliphatic carboxylic acids is 1. The van der Waals surface area contributed by atoms with Crippen LogP contribution in [-0.4, -0.2) is 83.2 Å². The Morgan fingerprint density at radius 1 is 0.857 bits per heavy atom. The minimum Gasteiger partial charge on any atom is -0.480 e. The number of aliphatic imine (C=N–C) groups is 1. The molecule has 35 heavy (non-hydrogen) atoms. The number of carbonyl (C=O) groups excluding carboxylic acids is 3. The van der Waals surface area contributed by atoms with Crippen LogP contribution in [0.15, 0.2) is 4.99 Å². The normalized spacial score (nSPS) is 15.3. The predicted octanol–water partition coefficient (Wildman–Crippen LogP) is -2.93. The lowest BCUT2D eigenvalue weighted by Crippen LogP contribution is -2.60. The Bertz CT molecular complexity index is 727. The highest BCUT2D eigenvalue weighted by Gasteiger charge is 2.33. The van der Waals surface area contributed by atoms with Gasteiger partial charge < -0.3 is 49.1 Å². The first-order valence-corrected chi connectivity index (χ1v) is 11.6. The fourth-order valence-corrected chi connectivity index (χ4v) is 3.11. The molecule has 0 fully saturated rings. The minimum absolute atomic E-state index is 0.0807. The standard InChI is InChI=1S/C21H42N8O6/c1-11(2)15(18(32)27-14(20(34)35)8-4-5-9-22)28-19(33)16(12(3)30)29-17(31)13(23)7-6-10-26-21(24)25/h11-16,30H,4-10,22-23H2,1-3H3,(H,27,32)(H,28,33)(H,29,31)(H,34,35)(H4,24,25,26). The molecule has 3 amide bonds. The highest BCUT2D eigenvalue weighted by atomic mass is 16.4. The summed E-state index contributed by atoms with van der Waals surface area (Å²) in [6.07, 6.45) is 0.653. The molecule has 0 heterocycles. The Kier molecular flexibility index (Phi) is 15.2. The maximum Gasteiger partial charge on any atom is 0.326 e. The van der Waals surface area contributed by atoms with E-state index >= 15 is 0 Å². The number of aliphatic hydroxyl groups is 1. The molecule has 0 aromatic carbocycles. The number of amides is 3. The molecule has 0 rings (SSSR count). The van der Waals surface area contributed by atoms with Crippen LogP contribution >= 0.6 is 0 Å². The van der Waals surface area contributed by atoms with Gasteiger partial charge in [-0.25, -0.2) is 4.79 Å². The highest BCUT2D eigenvalue weighted by molar-refractivity contribution is 5.94. The van der Waals surface area contributed by atoms with Gasteiger partial charge in [0.25, 0.3) is 0 Å². The van der Waals surface area contributed by atoms with Gasteiger partial charge in [0.15, 0.2) is 5.96 Å². The zero-order valence-electron chi connectivity index (χ0n) is 20.7. The lowest BCUT2D eigenvalue weighted by atomic mass is 10.0. The SMILES string of the molecule is CC(C)C(NC(=O)C(NC(=O)C(N)CCCN=C(N)N)C(C)O)C(=O)NC(CCCCN)C(=O)O. The van der Waals surface area contributed by atoms with Crippen molar-refractivity contribution < 1.29 is 29.4 Å². The second-order valence-corrected chi connectivity index (χ2v) is 8.70. The Morgan fingerprint density at radius 3 is 1.91 bits per heavy atom. The quantitative estimate of drug-likeness (QED) is 0.0555. The smallest absolute Gasteiger partial charge is 0.326 e. The minimum atomic E-state index is -1.39. The molecule has 5 unspecified atom stereocenters. The van der Waals surface area contributed by atoms with Gasteiger partial charge >= 0.3 is 5.97 Å². The molecule has 0 spiro atoms. The number of guanidine groups is 1. The first-order chi connectivity index (χ1) is 16.3. The summed E-state index contributed by atoms with van der Waals surface area (Å²) in [6.45, 7) is 5.31. The van der Waals surface area contributed by atoms with Crippen molar-refractivity contribution in [1.29, 1.82) is 0 Å². The largest absolute Gasteiger partial charge is 0.480 e. The van der Waals surface area contributed by atoms with Crippen LogP contribution in [0.3, 0.4) is 0 Å². The molecule has 5 atom stereocenters. The summed E-state index contributed by atoms with van der Waals surface area (Å²) in [5, 5.41) is 26.8. The maximum atomic E-state index is 12.8. The Hall–Kier alpha value is -2.97. The molecular weight excluding hydrogens is 460 g/mol. The average molecular weight is 503 g/mol. The van der Waals surface area contributed by atoms with Gasteiger partial charge in [0.1, 0.15) is 18.1 Å². The molecular formula is C21H42N8O6. The van der Waals surface area contributed by atoms with Crippen molar-refractivity contribution in [3.8, 4) is 0 Å². The molecule has 202 valence electrons. The molecule has 14 heteroatoms. The first-order valence-electron chi connectivity index (χ1n) is 11.6. The molecule has 0 radical (unpaired) electrons. The molecule has 13 N–H and O–H groups in total. The number of unbranched alkanes of at least 4 members (excludes halogenated alkanes) is 1. The molecule has 0 aromatic heterocycles. The second-order valence-electron chi connectivity index (χ2n) is 8.70. The third-order valence-corrected chi connectivity index (χ3v) is 5.18. The van der Waals surface area contributed by atoms with Crippen LogP contribution in [0.25, 0.3) is 0 Å². The number of rotatable bonds is 17. The van der Waals surface area contributed by atoms with Crippen LogP contribution in [0.2, 0.25) is 0 Å². The van der Waals surface area contributed by atoms with Crippen LogP contribution in [-0.2, 0) is 19.2 Å². The van der Waals surface area contributed by atoms with E-state index in [-0.39, 0.29) is 25.3 Å². The molecule has 0 aliphatic carbocycles. The van der Waals surface area contributed by atoms with Crippen molar-refractivity contribution in [2.75, 3.05) is 13.1 Å². The van der Waals surface area contributed by atoms with Gasteiger partial charge in [0.2, 0.25) is 17.7 Å². The van der Waals surface area contributed by atoms with E-state index in [1.807, 2.05) is 0 Å². The first kappa shape index (κ1) is 32.0. The third kappa shape index (κ3) is 12.9. The Morgan fingerprint density at radius 2 is 1.43 bits per heavy atom. The van der Waals surface area contributed by atoms with Gasteiger partial charge in [-0.1, -0.05) is 13.8 Å². The molecule has 0 aliphatic heterocycles. The molecule has 0 bridgehead atoms. The summed E-state index contributed by atoms with van der Waals surface area (Å²) in [6, 6.07) is -4.62. The topological polar surface area (TPSA) is 261 Å². The summed E-state index contributed by atoms with van der Waals surface area (Å²) in [7, 11) is 0. The van der Waals surface area contributed by atoms with Crippen molar-refractivity contribution in [2.45, 2.75) is 83.1 Å². The number of carboxylic acid groups (broad SMARTS) is 1. The van der Waals surface area contributed by atoms with Crippen LogP contribution in [0, 0.1) is 5.92 Å². The van der Waals surface area contributed by atoms with Gasteiger partial charge in [0.05, 0.1) is 12.1 Å². The van der Waals surface area contributed by atoms with E-state index in [1.165, 1.54) is 6.92 Å². The molecule has 0 saturated heterocycles. The summed E-state index contributed by atoms with van der Waals surface area (Å²) in [5.41, 5.74) is 21.7. The van der Waals surface area contributed by atoms with Crippen molar-refractivity contribution in [1.82, 2.24) is 16.0 Å². The Labute approximate surface area is 205 Å². The summed E-state index contributed by atoms with van der Waals surface area (Å²) >= 11 is 0. The lowest BCUT2D eigenvalue weighted by molar-refractivity contribution is -0.143. The molecule has 0 aliphatic rings. The summed E-state index contributed by atoms with van der Waals surface area (Å²) < 4.78 is 0. The van der Waals surface area contributed by atoms with Crippen LogP contribution < -0.4 is 38.9 Å². The molecule has 0 saturated carbocycles. The zero-order chi connectivity index (χ0) is 27.1. The van der Waals surface area contributed by atoms with E-state index in [0.717, 1.165) is 0 Å². The monoisotopic (exact) mass is 502 g/mol. The fourth-order valence-electron chi connectivity index (χ4n) is 3.11. The average Bonchev–Trinajstić information content (AvgIpc) is 2.76. The van der Waals surface area contributed by atoms with E-state index in [1.54, 1.807) is 13.8 Å². The predicted molar refractivity (Wildman–Crippen MR) is 131 cm³/mol. The molecule has 0 aromatic rings. The molecule has 14 nitrogen and oxygen atoms in total. The number of aliphatic hydroxyl groups excluding tert-OH is 1. The van der Waals surface area contributed by atoms with Crippen LogP contribution in [0.1, 0.15) is 52.9 Å². The number of hydrogen-bond acceptors (Lipinski definition) is 8. The van der Waals surface area contributed by atoms with E-state index in [0.29, 0.717) is 25.8 Å². The van der Waals surface area contributed by atoms with Crippen molar-refractivity contribution >= 4 is 29.7 Å². The number of nitrogens with one attached hydrogen (secondary N) is 3. The van der Waals surface area contributed by atoms with Gasteiger partial charge in [0, 0.05) is 6.54 Å². The highest BCUT2D eigenvalue weighted by Crippen LogP contribution is 2.07. The van der Waals surface area contributed by atoms with Gasteiger partial charge in [-0.2, -0.15) is 0 Å². The summed E-state index contributed by atoms with van der Waals surface area (Å²) in [4.78, 5) is 53.3. The number of carbonyl (C=O) groups is 4. The van der Waals surface area contributed by atoms with Gasteiger partial charge in [-0.3, -0.25) is 19.4 Å². The number of nitrogens with two attached hydrogens (primary N) is 4. The van der Waals surface area contributed by atoms with Crippen LogP contribution in [0.4, 0.5) is 0 Å². The summed E-state index contributed by atoms with van der Waals surface area (Å²) in [5.74, 6) is -3.88. The second kappa shape index (κ2) is 16.6. The lowest BCUT2D eigenvalue weighted by Gasteiger charge is -2.28. The van der Waals surface area contributed by atoms with Crippen LogP contribution in [0.5, 0.6) is 0 Å². The maximum absolute atomic E-state index is 12.8. The van der Waals surface area contributed by atoms with E-state index in [9.17, 15) is 29.4 Å². The number of nitrogens with zero attached hydrogens (tertiary/aromatic N) is 1. The Balaban J connectivity index is 5.19. The van der Waals surface area contributed by atoms with Crippen molar-refractivity contribution in [3.63, 3.8) is 0 Å². The van der Waals surface area contributed by atoms with Gasteiger partial charge in [-0.15, -0.1) is 0 Å². The zero-order valence-corrected chi connectivity index (χ0v) is 20.7. The third-order valence-electron chi connectivity index (χ3n) is 5.18. The van der Waals surface area contributed by atoms with E-state index < -0.39 is 59.9 Å². The van der Waals surface area contributed by atoms with Crippen molar-refractivity contribution in [2.24, 2.45) is 33.8 Å². The van der Waals surface area contributed by atoms with E-state index in [4.69, 9.17) is 22.9 Å². The van der Waals surface area contributed by atoms with E-state index in [2.05, 4.69) is 20.9 Å².